The van der Waals surface area contributed by atoms with Crippen LogP contribution < -0.4 is 5.32 Å². The van der Waals surface area contributed by atoms with Gasteiger partial charge in [0.15, 0.2) is 0 Å². The lowest BCUT2D eigenvalue weighted by Gasteiger charge is -2.32. The summed E-state index contributed by atoms with van der Waals surface area (Å²) in [7, 11) is -2.87. The maximum Gasteiger partial charge on any atom is 0.148 e. The summed E-state index contributed by atoms with van der Waals surface area (Å²) in [6.07, 6.45) is 6.18. The molecule has 0 saturated heterocycles. The molecule has 1 fully saturated rings. The Kier molecular flexibility index (Phi) is 5.25. The monoisotopic (exact) mass is 247 g/mol. The van der Waals surface area contributed by atoms with E-state index in [4.69, 9.17) is 0 Å². The number of hydrogen-bond donors (Lipinski definition) is 1. The SMILES string of the molecule is CCNC(CS(C)(=O)=O)C1CCC(C)CC1. The van der Waals surface area contributed by atoms with Crippen LogP contribution in [0.2, 0.25) is 0 Å². The minimum Gasteiger partial charge on any atom is -0.313 e. The van der Waals surface area contributed by atoms with Crippen LogP contribution in [0.1, 0.15) is 39.5 Å². The summed E-state index contributed by atoms with van der Waals surface area (Å²) in [4.78, 5) is 0. The molecule has 0 spiro atoms. The Morgan fingerprint density at radius 1 is 1.25 bits per heavy atom. The van der Waals surface area contributed by atoms with Crippen LogP contribution in [0.25, 0.3) is 0 Å². The number of nitrogens with one attached hydrogen (secondary N) is 1. The third-order valence-corrected chi connectivity index (χ3v) is 4.54. The summed E-state index contributed by atoms with van der Waals surface area (Å²) in [5.74, 6) is 1.66. The third-order valence-electron chi connectivity index (χ3n) is 3.58. The third kappa shape index (κ3) is 4.83. The summed E-state index contributed by atoms with van der Waals surface area (Å²) in [5, 5.41) is 3.34. The van der Waals surface area contributed by atoms with Crippen molar-refractivity contribution in [2.75, 3.05) is 18.6 Å². The molecule has 0 heterocycles. The standard InChI is InChI=1S/C12H25NO2S/c1-4-13-12(9-16(3,14)15)11-7-5-10(2)6-8-11/h10-13H,4-9H2,1-3H3. The summed E-state index contributed by atoms with van der Waals surface area (Å²) in [5.41, 5.74) is 0. The molecule has 0 radical (unpaired) electrons. The van der Waals surface area contributed by atoms with Gasteiger partial charge < -0.3 is 5.32 Å². The fourth-order valence-corrected chi connectivity index (χ4v) is 3.68. The van der Waals surface area contributed by atoms with E-state index < -0.39 is 9.84 Å². The Labute approximate surface area is 99.9 Å². The minimum absolute atomic E-state index is 0.160. The fourth-order valence-electron chi connectivity index (χ4n) is 2.64. The lowest BCUT2D eigenvalue weighted by molar-refractivity contribution is 0.242. The molecule has 1 N–H and O–H groups in total. The van der Waals surface area contributed by atoms with Gasteiger partial charge in [-0.25, -0.2) is 8.42 Å². The normalized spacial score (nSPS) is 28.9. The van der Waals surface area contributed by atoms with Gasteiger partial charge in [-0.2, -0.15) is 0 Å². The molecule has 16 heavy (non-hydrogen) atoms. The molecule has 1 aliphatic carbocycles. The summed E-state index contributed by atoms with van der Waals surface area (Å²) in [6, 6.07) is 0.160. The van der Waals surface area contributed by atoms with Crippen molar-refractivity contribution < 1.29 is 8.42 Å². The molecular formula is C12H25NO2S. The molecule has 96 valence electrons. The number of sulfone groups is 1. The van der Waals surface area contributed by atoms with Crippen LogP contribution in [-0.2, 0) is 9.84 Å². The van der Waals surface area contributed by atoms with E-state index in [0.717, 1.165) is 12.5 Å². The molecule has 0 bridgehead atoms. The van der Waals surface area contributed by atoms with Crippen molar-refractivity contribution in [1.29, 1.82) is 0 Å². The van der Waals surface area contributed by atoms with Gasteiger partial charge in [0.25, 0.3) is 0 Å². The van der Waals surface area contributed by atoms with Gasteiger partial charge in [0.05, 0.1) is 5.75 Å². The maximum atomic E-state index is 11.4. The van der Waals surface area contributed by atoms with Crippen molar-refractivity contribution in [3.8, 4) is 0 Å². The van der Waals surface area contributed by atoms with E-state index in [9.17, 15) is 8.42 Å². The minimum atomic E-state index is -2.87. The molecule has 1 aliphatic rings. The second kappa shape index (κ2) is 6.01. The van der Waals surface area contributed by atoms with E-state index in [0.29, 0.717) is 11.7 Å². The van der Waals surface area contributed by atoms with E-state index in [1.54, 1.807) is 0 Å². The van der Waals surface area contributed by atoms with E-state index in [-0.39, 0.29) is 6.04 Å². The van der Waals surface area contributed by atoms with E-state index in [2.05, 4.69) is 12.2 Å². The van der Waals surface area contributed by atoms with Gasteiger partial charge >= 0.3 is 0 Å². The summed E-state index contributed by atoms with van der Waals surface area (Å²) >= 11 is 0. The predicted octanol–water partition coefficient (Wildman–Crippen LogP) is 1.84. The lowest BCUT2D eigenvalue weighted by Crippen LogP contribution is -2.42. The van der Waals surface area contributed by atoms with Crippen LogP contribution in [0.5, 0.6) is 0 Å². The molecule has 3 nitrogen and oxygen atoms in total. The lowest BCUT2D eigenvalue weighted by atomic mass is 9.79. The van der Waals surface area contributed by atoms with E-state index >= 15 is 0 Å². The van der Waals surface area contributed by atoms with Crippen LogP contribution in [0, 0.1) is 11.8 Å². The van der Waals surface area contributed by atoms with Gasteiger partial charge in [-0.1, -0.05) is 26.7 Å². The molecule has 1 rings (SSSR count). The Morgan fingerprint density at radius 2 is 1.81 bits per heavy atom. The molecule has 1 atom stereocenters. The Hall–Kier alpha value is -0.0900. The van der Waals surface area contributed by atoms with Crippen LogP contribution in [0.15, 0.2) is 0 Å². The second-order valence-corrected chi connectivity index (χ2v) is 7.46. The molecule has 0 aromatic rings. The molecular weight excluding hydrogens is 222 g/mol. The first-order chi connectivity index (χ1) is 7.42. The Balaban J connectivity index is 2.56. The zero-order valence-electron chi connectivity index (χ0n) is 10.7. The summed E-state index contributed by atoms with van der Waals surface area (Å²) in [6.45, 7) is 5.18. The van der Waals surface area contributed by atoms with Crippen molar-refractivity contribution in [2.24, 2.45) is 11.8 Å². The molecule has 0 amide bonds. The highest BCUT2D eigenvalue weighted by Gasteiger charge is 2.27. The van der Waals surface area contributed by atoms with Gasteiger partial charge in [0, 0.05) is 12.3 Å². The number of hydrogen-bond acceptors (Lipinski definition) is 3. The van der Waals surface area contributed by atoms with Crippen LogP contribution in [-0.4, -0.2) is 33.0 Å². The van der Waals surface area contributed by atoms with E-state index in [1.807, 2.05) is 6.92 Å². The highest BCUT2D eigenvalue weighted by Crippen LogP contribution is 2.30. The topological polar surface area (TPSA) is 46.2 Å². The number of rotatable bonds is 5. The first kappa shape index (κ1) is 14.0. The van der Waals surface area contributed by atoms with Crippen LogP contribution >= 0.6 is 0 Å². The molecule has 4 heteroatoms. The van der Waals surface area contributed by atoms with Gasteiger partial charge in [-0.05, 0) is 31.2 Å². The average molecular weight is 247 g/mol. The Bertz CT molecular complexity index is 292. The van der Waals surface area contributed by atoms with E-state index in [1.165, 1.54) is 31.9 Å². The van der Waals surface area contributed by atoms with Gasteiger partial charge in [-0.15, -0.1) is 0 Å². The summed E-state index contributed by atoms with van der Waals surface area (Å²) < 4.78 is 22.8. The Morgan fingerprint density at radius 3 is 2.25 bits per heavy atom. The predicted molar refractivity (Wildman–Crippen MR) is 68.3 cm³/mol. The highest BCUT2D eigenvalue weighted by atomic mass is 32.2. The molecule has 1 unspecified atom stereocenters. The zero-order chi connectivity index (χ0) is 12.2. The quantitative estimate of drug-likeness (QED) is 0.806. The van der Waals surface area contributed by atoms with Crippen molar-refractivity contribution in [2.45, 2.75) is 45.6 Å². The van der Waals surface area contributed by atoms with Crippen molar-refractivity contribution in [3.63, 3.8) is 0 Å². The van der Waals surface area contributed by atoms with Gasteiger partial charge in [-0.3, -0.25) is 0 Å². The van der Waals surface area contributed by atoms with Crippen LogP contribution in [0.3, 0.4) is 0 Å². The molecule has 0 aromatic carbocycles. The first-order valence-corrected chi connectivity index (χ1v) is 8.39. The average Bonchev–Trinajstić information content (AvgIpc) is 2.16. The van der Waals surface area contributed by atoms with Crippen molar-refractivity contribution >= 4 is 9.84 Å². The van der Waals surface area contributed by atoms with Gasteiger partial charge in [0.2, 0.25) is 0 Å². The van der Waals surface area contributed by atoms with Crippen molar-refractivity contribution in [1.82, 2.24) is 5.32 Å². The van der Waals surface area contributed by atoms with Crippen molar-refractivity contribution in [3.05, 3.63) is 0 Å². The largest absolute Gasteiger partial charge is 0.313 e. The highest BCUT2D eigenvalue weighted by molar-refractivity contribution is 7.90. The zero-order valence-corrected chi connectivity index (χ0v) is 11.5. The molecule has 1 saturated carbocycles. The second-order valence-electron chi connectivity index (χ2n) is 5.28. The first-order valence-electron chi connectivity index (χ1n) is 6.33. The maximum absolute atomic E-state index is 11.4. The molecule has 0 aliphatic heterocycles. The van der Waals surface area contributed by atoms with Gasteiger partial charge in [0.1, 0.15) is 9.84 Å². The smallest absolute Gasteiger partial charge is 0.148 e. The van der Waals surface area contributed by atoms with Crippen LogP contribution in [0.4, 0.5) is 0 Å². The fraction of sp³-hybridized carbons (Fsp3) is 1.00. The molecule has 0 aromatic heterocycles.